The van der Waals surface area contributed by atoms with E-state index in [1.54, 1.807) is 0 Å². The van der Waals surface area contributed by atoms with E-state index in [-0.39, 0.29) is 16.5 Å². The predicted molar refractivity (Wildman–Crippen MR) is 99.8 cm³/mol. The highest BCUT2D eigenvalue weighted by Crippen LogP contribution is 2.35. The minimum Gasteiger partial charge on any atom is -0.495 e. The van der Waals surface area contributed by atoms with Crippen molar-refractivity contribution >= 4 is 29.2 Å². The summed E-state index contributed by atoms with van der Waals surface area (Å²) in [7, 11) is 2.75. The minimum atomic E-state index is -4.68. The summed E-state index contributed by atoms with van der Waals surface area (Å²) in [4.78, 5) is 35.5. The first-order valence-corrected chi connectivity index (χ1v) is 8.57. The van der Waals surface area contributed by atoms with Crippen LogP contribution >= 0.6 is 11.6 Å². The second-order valence-electron chi connectivity index (χ2n) is 5.78. The largest absolute Gasteiger partial charge is 0.495 e. The number of carbonyl (C=O) groups excluding carboxylic acids is 2. The summed E-state index contributed by atoms with van der Waals surface area (Å²) in [5.41, 5.74) is -1.75. The van der Waals surface area contributed by atoms with Crippen LogP contribution in [0.1, 0.15) is 5.56 Å². The Labute approximate surface area is 173 Å². The molecule has 2 rings (SSSR count). The van der Waals surface area contributed by atoms with Gasteiger partial charge in [-0.15, -0.1) is 0 Å². The van der Waals surface area contributed by atoms with Crippen LogP contribution in [0.2, 0.25) is 5.02 Å². The predicted octanol–water partition coefficient (Wildman–Crippen LogP) is 2.72. The summed E-state index contributed by atoms with van der Waals surface area (Å²) < 4.78 is 53.6. The number of hydrogen-bond donors (Lipinski definition) is 1. The summed E-state index contributed by atoms with van der Waals surface area (Å²) in [5.74, 6) is -1.30. The lowest BCUT2D eigenvalue weighted by atomic mass is 10.2. The standard InChI is InChI=1S/C18H16ClF3N2O6/c1-28-13-6-14(29-2)12(5-11(13)19)23-15(25)9-30-17(27)8-24-7-10(18(20,21)22)3-4-16(24)26/h3-7H,8-9H2,1-2H3,(H,23,25). The molecule has 0 bridgehead atoms. The normalized spacial score (nSPS) is 11.0. The lowest BCUT2D eigenvalue weighted by Crippen LogP contribution is -2.28. The zero-order valence-corrected chi connectivity index (χ0v) is 16.5. The van der Waals surface area contributed by atoms with Crippen molar-refractivity contribution in [2.24, 2.45) is 0 Å². The zero-order chi connectivity index (χ0) is 22.5. The fraction of sp³-hybridized carbons (Fsp3) is 0.278. The van der Waals surface area contributed by atoms with E-state index in [1.165, 1.54) is 26.4 Å². The quantitative estimate of drug-likeness (QED) is 0.654. The minimum absolute atomic E-state index is 0.179. The first-order chi connectivity index (χ1) is 14.0. The number of methoxy groups -OCH3 is 2. The van der Waals surface area contributed by atoms with Gasteiger partial charge in [-0.05, 0) is 12.1 Å². The van der Waals surface area contributed by atoms with Gasteiger partial charge in [-0.25, -0.2) is 0 Å². The molecule has 2 aromatic rings. The molecule has 0 radical (unpaired) electrons. The fourth-order valence-electron chi connectivity index (χ4n) is 2.30. The number of benzene rings is 1. The lowest BCUT2D eigenvalue weighted by Gasteiger charge is -2.13. The molecule has 12 heteroatoms. The number of rotatable bonds is 7. The van der Waals surface area contributed by atoms with E-state index in [2.05, 4.69) is 5.32 Å². The Kier molecular flexibility index (Phi) is 7.33. The molecule has 0 aliphatic heterocycles. The highest BCUT2D eigenvalue weighted by atomic mass is 35.5. The third-order valence-electron chi connectivity index (χ3n) is 3.72. The number of ether oxygens (including phenoxy) is 3. The highest BCUT2D eigenvalue weighted by molar-refractivity contribution is 6.32. The summed E-state index contributed by atoms with van der Waals surface area (Å²) >= 11 is 5.99. The number of anilines is 1. The van der Waals surface area contributed by atoms with Crippen molar-refractivity contribution in [2.45, 2.75) is 12.7 Å². The summed E-state index contributed by atoms with van der Waals surface area (Å²) in [6.45, 7) is -1.55. The van der Waals surface area contributed by atoms with Gasteiger partial charge in [0.05, 0.1) is 30.5 Å². The van der Waals surface area contributed by atoms with E-state index in [1.807, 2.05) is 0 Å². The Morgan fingerprint density at radius 1 is 1.13 bits per heavy atom. The third kappa shape index (κ3) is 5.89. The second kappa shape index (κ2) is 9.53. The molecule has 1 heterocycles. The van der Waals surface area contributed by atoms with Crippen molar-refractivity contribution in [2.75, 3.05) is 26.1 Å². The van der Waals surface area contributed by atoms with Crippen LogP contribution in [0.15, 0.2) is 35.3 Å². The van der Waals surface area contributed by atoms with E-state index in [4.69, 9.17) is 25.8 Å². The summed E-state index contributed by atoms with van der Waals surface area (Å²) in [5, 5.41) is 2.60. The topological polar surface area (TPSA) is 95.9 Å². The van der Waals surface area contributed by atoms with E-state index in [0.29, 0.717) is 28.6 Å². The molecule has 0 aliphatic carbocycles. The van der Waals surface area contributed by atoms with Crippen molar-refractivity contribution in [1.82, 2.24) is 4.57 Å². The van der Waals surface area contributed by atoms with Gasteiger partial charge in [0.2, 0.25) is 0 Å². The molecular formula is C18H16ClF3N2O6. The molecule has 30 heavy (non-hydrogen) atoms. The summed E-state index contributed by atoms with van der Waals surface area (Å²) in [6, 6.07) is 4.08. The molecular weight excluding hydrogens is 433 g/mol. The van der Waals surface area contributed by atoms with Gasteiger partial charge in [-0.3, -0.25) is 14.4 Å². The average molecular weight is 449 g/mol. The van der Waals surface area contributed by atoms with Crippen LogP contribution in [0.4, 0.5) is 18.9 Å². The number of halogens is 4. The highest BCUT2D eigenvalue weighted by Gasteiger charge is 2.31. The van der Waals surface area contributed by atoms with Gasteiger partial charge in [-0.2, -0.15) is 13.2 Å². The number of alkyl halides is 3. The smallest absolute Gasteiger partial charge is 0.417 e. The van der Waals surface area contributed by atoms with Crippen LogP contribution in [0.3, 0.4) is 0 Å². The van der Waals surface area contributed by atoms with Gasteiger partial charge in [0.25, 0.3) is 11.5 Å². The fourth-order valence-corrected chi connectivity index (χ4v) is 2.54. The molecule has 0 aliphatic rings. The maximum atomic E-state index is 12.7. The van der Waals surface area contributed by atoms with E-state index < -0.39 is 42.3 Å². The van der Waals surface area contributed by atoms with Gasteiger partial charge in [0, 0.05) is 18.3 Å². The molecule has 162 valence electrons. The Morgan fingerprint density at radius 2 is 1.80 bits per heavy atom. The van der Waals surface area contributed by atoms with Crippen molar-refractivity contribution in [3.05, 3.63) is 51.4 Å². The molecule has 1 aromatic carbocycles. The number of amides is 1. The molecule has 0 saturated carbocycles. The molecule has 1 amide bonds. The van der Waals surface area contributed by atoms with Crippen molar-refractivity contribution in [3.63, 3.8) is 0 Å². The van der Waals surface area contributed by atoms with Crippen LogP contribution in [0.5, 0.6) is 11.5 Å². The van der Waals surface area contributed by atoms with Crippen LogP contribution in [0, 0.1) is 0 Å². The monoisotopic (exact) mass is 448 g/mol. The van der Waals surface area contributed by atoms with Crippen LogP contribution in [-0.4, -0.2) is 37.3 Å². The number of nitrogens with one attached hydrogen (secondary N) is 1. The molecule has 0 fully saturated rings. The number of esters is 1. The van der Waals surface area contributed by atoms with Crippen LogP contribution < -0.4 is 20.3 Å². The van der Waals surface area contributed by atoms with Gasteiger partial charge >= 0.3 is 12.1 Å². The molecule has 0 unspecified atom stereocenters. The molecule has 1 aromatic heterocycles. The SMILES string of the molecule is COc1cc(OC)c(NC(=O)COC(=O)Cn2cc(C(F)(F)F)ccc2=O)cc1Cl. The van der Waals surface area contributed by atoms with E-state index >= 15 is 0 Å². The van der Waals surface area contributed by atoms with E-state index in [9.17, 15) is 27.6 Å². The van der Waals surface area contributed by atoms with Crippen molar-refractivity contribution < 1.29 is 37.0 Å². The van der Waals surface area contributed by atoms with Gasteiger partial charge in [0.1, 0.15) is 18.0 Å². The second-order valence-corrected chi connectivity index (χ2v) is 6.18. The molecule has 8 nitrogen and oxygen atoms in total. The Balaban J connectivity index is 2.00. The number of aromatic nitrogens is 1. The molecule has 0 atom stereocenters. The number of hydrogen-bond acceptors (Lipinski definition) is 6. The Bertz CT molecular complexity index is 1010. The van der Waals surface area contributed by atoms with Crippen LogP contribution in [0.25, 0.3) is 0 Å². The zero-order valence-electron chi connectivity index (χ0n) is 15.7. The Morgan fingerprint density at radius 3 is 2.40 bits per heavy atom. The lowest BCUT2D eigenvalue weighted by molar-refractivity contribution is -0.148. The van der Waals surface area contributed by atoms with Crippen LogP contribution in [-0.2, 0) is 27.0 Å². The first kappa shape index (κ1) is 23.1. The molecule has 1 N–H and O–H groups in total. The van der Waals surface area contributed by atoms with Gasteiger partial charge in [0.15, 0.2) is 6.61 Å². The average Bonchev–Trinajstić information content (AvgIpc) is 2.67. The maximum absolute atomic E-state index is 12.7. The maximum Gasteiger partial charge on any atom is 0.417 e. The van der Waals surface area contributed by atoms with Crippen molar-refractivity contribution in [1.29, 1.82) is 0 Å². The number of pyridine rings is 1. The number of carbonyl (C=O) groups is 2. The van der Waals surface area contributed by atoms with Gasteiger partial charge in [-0.1, -0.05) is 11.6 Å². The third-order valence-corrected chi connectivity index (χ3v) is 4.02. The van der Waals surface area contributed by atoms with Crippen molar-refractivity contribution in [3.8, 4) is 11.5 Å². The summed E-state index contributed by atoms with van der Waals surface area (Å²) in [6.07, 6.45) is -4.19. The number of nitrogens with zero attached hydrogens (tertiary/aromatic N) is 1. The molecule has 0 spiro atoms. The first-order valence-electron chi connectivity index (χ1n) is 8.20. The van der Waals surface area contributed by atoms with Gasteiger partial charge < -0.3 is 24.1 Å². The molecule has 0 saturated heterocycles. The Hall–Kier alpha value is -3.21. The van der Waals surface area contributed by atoms with E-state index in [0.717, 1.165) is 0 Å².